The molecule has 1 aliphatic rings. The molecule has 33 heavy (non-hydrogen) atoms. The van der Waals surface area contributed by atoms with E-state index in [0.717, 1.165) is 16.8 Å². The predicted octanol–water partition coefficient (Wildman–Crippen LogP) is 2.33. The predicted molar refractivity (Wildman–Crippen MR) is 126 cm³/mol. The minimum Gasteiger partial charge on any atom is -0.383 e. The molecule has 2 aromatic carbocycles. The second-order valence-corrected chi connectivity index (χ2v) is 8.41. The molecule has 0 aliphatic carbocycles. The molecule has 1 aliphatic heterocycles. The Bertz CT molecular complexity index is 1270. The first-order valence-corrected chi connectivity index (χ1v) is 11.0. The molecule has 4 rings (SSSR count). The van der Waals surface area contributed by atoms with Gasteiger partial charge in [-0.1, -0.05) is 24.3 Å². The highest BCUT2D eigenvalue weighted by molar-refractivity contribution is 6.00. The number of carbonyl (C=O) groups is 2. The topological polar surface area (TPSA) is 93.5 Å². The standard InChI is InChI=1S/C25H28N4O4/c1-16-8-9-19(12-17(16)2)28-15-18(13-23(28)30)24(31)26-14-22-20-6-4-5-7-21(20)25(32)29(27-22)10-11-33-3/h4-9,12,18H,10-11,13-15H2,1-3H3,(H,26,31). The maximum absolute atomic E-state index is 12.9. The maximum atomic E-state index is 12.9. The SMILES string of the molecule is COCCn1nc(CNC(=O)C2CC(=O)N(c3ccc(C)c(C)c3)C2)c2ccccc2c1=O. The molecule has 0 saturated carbocycles. The van der Waals surface area contributed by atoms with Crippen molar-refractivity contribution in [3.05, 3.63) is 69.6 Å². The van der Waals surface area contributed by atoms with E-state index in [0.29, 0.717) is 36.2 Å². The number of anilines is 1. The van der Waals surface area contributed by atoms with Crippen LogP contribution in [0.4, 0.5) is 5.69 Å². The van der Waals surface area contributed by atoms with Crippen LogP contribution in [0.2, 0.25) is 0 Å². The summed E-state index contributed by atoms with van der Waals surface area (Å²) in [6.45, 7) is 5.22. The van der Waals surface area contributed by atoms with Crippen molar-refractivity contribution in [1.82, 2.24) is 15.1 Å². The molecule has 172 valence electrons. The molecule has 1 fully saturated rings. The van der Waals surface area contributed by atoms with Crippen molar-refractivity contribution in [2.75, 3.05) is 25.2 Å². The van der Waals surface area contributed by atoms with Crippen molar-refractivity contribution in [2.24, 2.45) is 5.92 Å². The highest BCUT2D eigenvalue weighted by Crippen LogP contribution is 2.27. The average Bonchev–Trinajstić information content (AvgIpc) is 3.21. The van der Waals surface area contributed by atoms with Gasteiger partial charge >= 0.3 is 0 Å². The van der Waals surface area contributed by atoms with Crippen molar-refractivity contribution >= 4 is 28.3 Å². The molecule has 1 N–H and O–H groups in total. The Balaban J connectivity index is 1.50. The third kappa shape index (κ3) is 4.66. The van der Waals surface area contributed by atoms with Gasteiger partial charge in [-0.2, -0.15) is 5.10 Å². The van der Waals surface area contributed by atoms with Gasteiger partial charge in [-0.25, -0.2) is 4.68 Å². The first-order valence-electron chi connectivity index (χ1n) is 11.0. The monoisotopic (exact) mass is 448 g/mol. The maximum Gasteiger partial charge on any atom is 0.274 e. The van der Waals surface area contributed by atoms with Crippen LogP contribution < -0.4 is 15.8 Å². The molecular weight excluding hydrogens is 420 g/mol. The summed E-state index contributed by atoms with van der Waals surface area (Å²) < 4.78 is 6.45. The van der Waals surface area contributed by atoms with Gasteiger partial charge in [0.1, 0.15) is 0 Å². The van der Waals surface area contributed by atoms with Crippen LogP contribution in [-0.4, -0.2) is 41.9 Å². The van der Waals surface area contributed by atoms with E-state index in [1.807, 2.05) is 44.2 Å². The largest absolute Gasteiger partial charge is 0.383 e. The second kappa shape index (κ2) is 9.54. The van der Waals surface area contributed by atoms with Crippen LogP contribution in [0.25, 0.3) is 10.8 Å². The number of nitrogens with one attached hydrogen (secondary N) is 1. The van der Waals surface area contributed by atoms with E-state index >= 15 is 0 Å². The summed E-state index contributed by atoms with van der Waals surface area (Å²) in [6.07, 6.45) is 0.167. The Morgan fingerprint density at radius 2 is 1.88 bits per heavy atom. The molecule has 0 bridgehead atoms. The number of aryl methyl sites for hydroxylation is 2. The number of amides is 2. The van der Waals surface area contributed by atoms with Crippen molar-refractivity contribution in [3.63, 3.8) is 0 Å². The van der Waals surface area contributed by atoms with E-state index in [2.05, 4.69) is 10.4 Å². The number of benzene rings is 2. The van der Waals surface area contributed by atoms with Gasteiger partial charge in [-0.3, -0.25) is 14.4 Å². The average molecular weight is 449 g/mol. The van der Waals surface area contributed by atoms with Gasteiger partial charge in [0.15, 0.2) is 0 Å². The van der Waals surface area contributed by atoms with Crippen molar-refractivity contribution in [1.29, 1.82) is 0 Å². The summed E-state index contributed by atoms with van der Waals surface area (Å²) in [5.41, 5.74) is 3.49. The molecule has 2 amide bonds. The highest BCUT2D eigenvalue weighted by atomic mass is 16.5. The fourth-order valence-corrected chi connectivity index (χ4v) is 4.11. The number of ether oxygens (including phenoxy) is 1. The number of hydrogen-bond donors (Lipinski definition) is 1. The number of rotatable bonds is 7. The summed E-state index contributed by atoms with van der Waals surface area (Å²) in [4.78, 5) is 39.9. The fourth-order valence-electron chi connectivity index (χ4n) is 4.11. The van der Waals surface area contributed by atoms with E-state index in [9.17, 15) is 14.4 Å². The minimum atomic E-state index is -0.440. The molecule has 0 spiro atoms. The van der Waals surface area contributed by atoms with Crippen LogP contribution >= 0.6 is 0 Å². The zero-order valence-electron chi connectivity index (χ0n) is 19.1. The minimum absolute atomic E-state index is 0.0601. The summed E-state index contributed by atoms with van der Waals surface area (Å²) in [5, 5.41) is 8.64. The first kappa shape index (κ1) is 22.7. The Kier molecular flexibility index (Phi) is 6.55. The van der Waals surface area contributed by atoms with E-state index in [1.54, 1.807) is 24.1 Å². The number of carbonyl (C=O) groups excluding carboxylic acids is 2. The molecule has 8 heteroatoms. The van der Waals surface area contributed by atoms with Crippen molar-refractivity contribution in [3.8, 4) is 0 Å². The lowest BCUT2D eigenvalue weighted by Crippen LogP contribution is -2.34. The number of methoxy groups -OCH3 is 1. The van der Waals surface area contributed by atoms with Gasteiger partial charge < -0.3 is 15.0 Å². The Hall–Kier alpha value is -3.52. The van der Waals surface area contributed by atoms with Crippen LogP contribution in [0.5, 0.6) is 0 Å². The third-order valence-corrected chi connectivity index (χ3v) is 6.18. The summed E-state index contributed by atoms with van der Waals surface area (Å²) in [6, 6.07) is 13.1. The van der Waals surface area contributed by atoms with Gasteiger partial charge in [-0.05, 0) is 43.2 Å². The summed E-state index contributed by atoms with van der Waals surface area (Å²) in [7, 11) is 1.57. The smallest absolute Gasteiger partial charge is 0.274 e. The number of fused-ring (bicyclic) bond motifs is 1. The second-order valence-electron chi connectivity index (χ2n) is 8.41. The normalized spacial score (nSPS) is 15.9. The van der Waals surface area contributed by atoms with Gasteiger partial charge in [0, 0.05) is 31.1 Å². The van der Waals surface area contributed by atoms with Crippen LogP contribution in [0.3, 0.4) is 0 Å². The summed E-state index contributed by atoms with van der Waals surface area (Å²) >= 11 is 0. The zero-order valence-corrected chi connectivity index (χ0v) is 19.1. The van der Waals surface area contributed by atoms with E-state index in [1.165, 1.54) is 4.68 Å². The Labute approximate surface area is 192 Å². The fraction of sp³-hybridized carbons (Fsp3) is 0.360. The molecule has 3 aromatic rings. The lowest BCUT2D eigenvalue weighted by Gasteiger charge is -2.18. The quantitative estimate of drug-likeness (QED) is 0.599. The molecule has 8 nitrogen and oxygen atoms in total. The molecule has 0 radical (unpaired) electrons. The molecule has 1 unspecified atom stereocenters. The molecule has 1 saturated heterocycles. The third-order valence-electron chi connectivity index (χ3n) is 6.18. The van der Waals surface area contributed by atoms with Crippen molar-refractivity contribution < 1.29 is 14.3 Å². The van der Waals surface area contributed by atoms with Crippen LogP contribution in [-0.2, 0) is 27.4 Å². The van der Waals surface area contributed by atoms with Crippen LogP contribution in [0.15, 0.2) is 47.3 Å². The van der Waals surface area contributed by atoms with Crippen molar-refractivity contribution in [2.45, 2.75) is 33.4 Å². The zero-order chi connectivity index (χ0) is 23.5. The highest BCUT2D eigenvalue weighted by Gasteiger charge is 2.35. The first-order chi connectivity index (χ1) is 15.9. The molecular formula is C25H28N4O4. The summed E-state index contributed by atoms with van der Waals surface area (Å²) in [5.74, 6) is -0.699. The number of nitrogens with zero attached hydrogens (tertiary/aromatic N) is 3. The Morgan fingerprint density at radius 1 is 1.12 bits per heavy atom. The molecule has 2 heterocycles. The molecule has 1 atom stereocenters. The van der Waals surface area contributed by atoms with Crippen LogP contribution in [0, 0.1) is 19.8 Å². The van der Waals surface area contributed by atoms with E-state index < -0.39 is 5.92 Å². The van der Waals surface area contributed by atoms with Gasteiger partial charge in [-0.15, -0.1) is 0 Å². The number of aromatic nitrogens is 2. The van der Waals surface area contributed by atoms with Gasteiger partial charge in [0.05, 0.1) is 36.7 Å². The lowest BCUT2D eigenvalue weighted by atomic mass is 10.1. The van der Waals surface area contributed by atoms with Gasteiger partial charge in [0.2, 0.25) is 11.8 Å². The van der Waals surface area contributed by atoms with E-state index in [4.69, 9.17) is 4.74 Å². The lowest BCUT2D eigenvalue weighted by molar-refractivity contribution is -0.126. The molecule has 1 aromatic heterocycles. The van der Waals surface area contributed by atoms with E-state index in [-0.39, 0.29) is 30.3 Å². The number of hydrogen-bond acceptors (Lipinski definition) is 5. The van der Waals surface area contributed by atoms with Crippen LogP contribution in [0.1, 0.15) is 23.2 Å². The van der Waals surface area contributed by atoms with Gasteiger partial charge in [0.25, 0.3) is 5.56 Å². The Morgan fingerprint density at radius 3 is 2.61 bits per heavy atom.